The fourth-order valence-electron chi connectivity index (χ4n) is 9.65. The Morgan fingerprint density at radius 1 is 0.688 bits per heavy atom. The van der Waals surface area contributed by atoms with Gasteiger partial charge in [-0.25, -0.2) is 19.3 Å². The average Bonchev–Trinajstić information content (AvgIpc) is 3.90. The van der Waals surface area contributed by atoms with E-state index < -0.39 is 35.6 Å². The number of imide groups is 2. The predicted octanol–water partition coefficient (Wildman–Crippen LogP) is 3.38. The van der Waals surface area contributed by atoms with Gasteiger partial charge in [0.25, 0.3) is 11.8 Å². The van der Waals surface area contributed by atoms with Crippen molar-refractivity contribution >= 4 is 63.6 Å². The minimum absolute atomic E-state index is 0.0333. The monoisotopic (exact) mass is 1050 g/mol. The largest absolute Gasteiger partial charge is 0.377 e. The van der Waals surface area contributed by atoms with Crippen LogP contribution in [0.1, 0.15) is 77.6 Å². The molecule has 2 fully saturated rings. The Balaban J connectivity index is 0.591. The number of nitrogens with zero attached hydrogens (tertiary/aromatic N) is 4. The van der Waals surface area contributed by atoms with Crippen LogP contribution in [0.15, 0.2) is 95.9 Å². The summed E-state index contributed by atoms with van der Waals surface area (Å²) in [6.45, 7) is 3.35. The summed E-state index contributed by atoms with van der Waals surface area (Å²) >= 11 is 0. The number of benzene rings is 3. The molecule has 22 nitrogen and oxygen atoms in total. The van der Waals surface area contributed by atoms with Crippen molar-refractivity contribution in [1.29, 1.82) is 0 Å². The number of rotatable bonds is 26. The zero-order chi connectivity index (χ0) is 53.7. The highest BCUT2D eigenvalue weighted by molar-refractivity contribution is 6.26. The average molecular weight is 1050 g/mol. The number of ether oxygens (including phenoxy) is 4. The lowest BCUT2D eigenvalue weighted by molar-refractivity contribution is -0.131. The highest BCUT2D eigenvalue weighted by Crippen LogP contribution is 2.42. The van der Waals surface area contributed by atoms with E-state index in [4.69, 9.17) is 23.9 Å². The van der Waals surface area contributed by atoms with E-state index in [0.717, 1.165) is 63.0 Å². The van der Waals surface area contributed by atoms with Crippen molar-refractivity contribution in [2.45, 2.75) is 62.9 Å². The fourth-order valence-corrected chi connectivity index (χ4v) is 9.65. The van der Waals surface area contributed by atoms with E-state index >= 15 is 0 Å². The third-order valence-corrected chi connectivity index (χ3v) is 13.8. The summed E-state index contributed by atoms with van der Waals surface area (Å²) in [4.78, 5) is 107. The van der Waals surface area contributed by atoms with Crippen LogP contribution >= 0.6 is 0 Å². The Bertz CT molecular complexity index is 3210. The predicted molar refractivity (Wildman–Crippen MR) is 280 cm³/mol. The van der Waals surface area contributed by atoms with Gasteiger partial charge in [-0.05, 0) is 67.5 Å². The van der Waals surface area contributed by atoms with Crippen molar-refractivity contribution in [3.63, 3.8) is 0 Å². The Morgan fingerprint density at radius 2 is 1.36 bits per heavy atom. The quantitative estimate of drug-likeness (QED) is 0.0336. The Hall–Kier alpha value is -8.02. The van der Waals surface area contributed by atoms with Gasteiger partial charge in [0.05, 0.1) is 87.4 Å². The Morgan fingerprint density at radius 3 is 2.05 bits per heavy atom. The number of amides is 7. The van der Waals surface area contributed by atoms with E-state index in [9.17, 15) is 38.4 Å². The highest BCUT2D eigenvalue weighted by atomic mass is 16.6. The molecule has 0 spiro atoms. The second-order valence-corrected chi connectivity index (χ2v) is 18.8. The van der Waals surface area contributed by atoms with Crippen molar-refractivity contribution in [3.05, 3.63) is 118 Å². The molecule has 9 rings (SSSR count). The minimum atomic E-state index is -1.15. The van der Waals surface area contributed by atoms with E-state index in [0.29, 0.717) is 64.9 Å². The molecule has 402 valence electrons. The first kappa shape index (κ1) is 53.8. The molecule has 5 heterocycles. The van der Waals surface area contributed by atoms with Gasteiger partial charge < -0.3 is 34.9 Å². The molecule has 3 aliphatic rings. The van der Waals surface area contributed by atoms with Gasteiger partial charge in [-0.3, -0.25) is 49.1 Å². The number of anilines is 1. The van der Waals surface area contributed by atoms with Gasteiger partial charge in [0.15, 0.2) is 5.65 Å². The van der Waals surface area contributed by atoms with Crippen LogP contribution in [0, 0.1) is 0 Å². The zero-order valence-electron chi connectivity index (χ0n) is 42.4. The minimum Gasteiger partial charge on any atom is -0.377 e. The lowest BCUT2D eigenvalue weighted by atomic mass is 9.71. The van der Waals surface area contributed by atoms with Gasteiger partial charge >= 0.3 is 5.69 Å². The number of hydrogen-bond donors (Lipinski definition) is 6. The maximum absolute atomic E-state index is 13.4. The summed E-state index contributed by atoms with van der Waals surface area (Å²) < 4.78 is 23.7. The SMILES string of the molecule is O=C(CCC(=O)Nc1cccc2c1C(=O)N([C@H]1CCCC(=O)NC1=O)C2=O)NCCOCCOCCOCCOCCNC(=O)CNC1(c2ccc(-c3nc4ccn5c(=O)[nH]nc5c4cc3-c3ccccc3)cc2)CCC1. The van der Waals surface area contributed by atoms with Crippen LogP contribution in [-0.2, 0) is 48.5 Å². The van der Waals surface area contributed by atoms with Gasteiger partial charge in [0.1, 0.15) is 6.04 Å². The number of aromatic nitrogens is 4. The fraction of sp³-hybridized carbons (Fsp3) is 0.382. The van der Waals surface area contributed by atoms with Crippen molar-refractivity contribution < 1.29 is 52.5 Å². The molecule has 1 aliphatic carbocycles. The topological polar surface area (TPSA) is 283 Å². The smallest absolute Gasteiger partial charge is 0.347 e. The summed E-state index contributed by atoms with van der Waals surface area (Å²) in [5, 5.41) is 21.5. The molecule has 77 heavy (non-hydrogen) atoms. The molecule has 6 aromatic rings. The van der Waals surface area contributed by atoms with Gasteiger partial charge in [-0.1, -0.05) is 60.7 Å². The standard InChI is InChI=1S/C55H60N10O12/c66-44(17-18-46(68)59-42-10-4-9-38-48(42)53(72)65(52(38)71)43-11-5-12-45(67)61-51(43)70)56-22-25-74-27-29-76-31-32-77-30-28-75-26-23-57-47(69)34-58-55(20-6-21-55)37-15-13-36(14-16-37)49-39(35-7-2-1-3-8-35)33-40-41(60-49)19-24-64-50(40)62-63-54(64)73/h1-4,7-10,13-16,19,24,33,43,58H,5-6,11-12,17-18,20-23,25-32,34H2,(H,56,66)(H,57,69)(H,59,68)(H,63,73)(H,61,67,70)/t43-/m0/s1. The molecular formula is C55H60N10O12. The van der Waals surface area contributed by atoms with Crippen molar-refractivity contribution in [2.75, 3.05) is 77.8 Å². The second kappa shape index (κ2) is 25.2. The molecule has 0 radical (unpaired) electrons. The van der Waals surface area contributed by atoms with Crippen LogP contribution in [0.2, 0.25) is 0 Å². The Kier molecular flexibility index (Phi) is 17.6. The van der Waals surface area contributed by atoms with Crippen molar-refractivity contribution in [2.24, 2.45) is 0 Å². The van der Waals surface area contributed by atoms with E-state index in [2.05, 4.69) is 61.0 Å². The molecular weight excluding hydrogens is 993 g/mol. The molecule has 1 saturated heterocycles. The third kappa shape index (κ3) is 12.8. The van der Waals surface area contributed by atoms with Crippen LogP contribution in [0.5, 0.6) is 0 Å². The first-order valence-electron chi connectivity index (χ1n) is 25.8. The number of carbonyl (C=O) groups is 7. The van der Waals surface area contributed by atoms with E-state index in [-0.39, 0.29) is 85.2 Å². The molecule has 3 aromatic heterocycles. The Labute approximate surface area is 441 Å². The molecule has 6 N–H and O–H groups in total. The first-order chi connectivity index (χ1) is 37.5. The number of carbonyl (C=O) groups excluding carboxylic acids is 7. The molecule has 7 amide bonds. The first-order valence-corrected chi connectivity index (χ1v) is 25.8. The van der Waals surface area contributed by atoms with Crippen LogP contribution in [0.3, 0.4) is 0 Å². The van der Waals surface area contributed by atoms with E-state index in [1.807, 2.05) is 42.5 Å². The van der Waals surface area contributed by atoms with Crippen LogP contribution < -0.4 is 32.3 Å². The summed E-state index contributed by atoms with van der Waals surface area (Å²) in [6.07, 6.45) is 4.80. The van der Waals surface area contributed by atoms with Gasteiger partial charge in [-0.2, -0.15) is 5.10 Å². The van der Waals surface area contributed by atoms with Crippen LogP contribution in [-0.4, -0.2) is 144 Å². The molecule has 0 bridgehead atoms. The summed E-state index contributed by atoms with van der Waals surface area (Å²) in [5.74, 6) is -3.67. The van der Waals surface area contributed by atoms with Crippen LogP contribution in [0.4, 0.5) is 5.69 Å². The van der Waals surface area contributed by atoms with Gasteiger partial charge in [0.2, 0.25) is 29.5 Å². The number of aromatic amines is 1. The highest BCUT2D eigenvalue weighted by Gasteiger charge is 2.45. The number of hydrogen-bond acceptors (Lipinski definition) is 15. The van der Waals surface area contributed by atoms with E-state index in [1.165, 1.54) is 22.6 Å². The molecule has 3 aromatic carbocycles. The van der Waals surface area contributed by atoms with Crippen LogP contribution in [0.25, 0.3) is 38.9 Å². The van der Waals surface area contributed by atoms with E-state index in [1.54, 1.807) is 6.20 Å². The third-order valence-electron chi connectivity index (χ3n) is 13.8. The lowest BCUT2D eigenvalue weighted by Gasteiger charge is -2.43. The van der Waals surface area contributed by atoms with Crippen molar-refractivity contribution in [3.8, 4) is 22.4 Å². The second-order valence-electron chi connectivity index (χ2n) is 18.8. The number of pyridine rings is 2. The number of H-pyrrole nitrogens is 1. The van der Waals surface area contributed by atoms with Gasteiger partial charge in [-0.15, -0.1) is 0 Å². The molecule has 22 heteroatoms. The maximum Gasteiger partial charge on any atom is 0.347 e. The molecule has 1 atom stereocenters. The number of nitrogens with one attached hydrogen (secondary N) is 6. The summed E-state index contributed by atoms with van der Waals surface area (Å²) in [7, 11) is 0. The summed E-state index contributed by atoms with van der Waals surface area (Å²) in [6, 6.07) is 25.5. The molecule has 1 saturated carbocycles. The lowest BCUT2D eigenvalue weighted by Crippen LogP contribution is -2.51. The normalized spacial score (nSPS) is 16.0. The van der Waals surface area contributed by atoms with Crippen molar-refractivity contribution in [1.82, 2.24) is 45.7 Å². The summed E-state index contributed by atoms with van der Waals surface area (Å²) in [5.41, 5.74) is 5.49. The maximum atomic E-state index is 13.4. The number of fused-ring (bicyclic) bond motifs is 4. The van der Waals surface area contributed by atoms with Gasteiger partial charge in [0, 0.05) is 60.6 Å². The molecule has 2 aliphatic heterocycles. The molecule has 0 unspecified atom stereocenters. The zero-order valence-corrected chi connectivity index (χ0v) is 42.4.